The van der Waals surface area contributed by atoms with Crippen molar-refractivity contribution in [2.45, 2.75) is 39.5 Å². The number of rotatable bonds is 4. The van der Waals surface area contributed by atoms with Gasteiger partial charge in [0, 0.05) is 5.69 Å². The highest BCUT2D eigenvalue weighted by Crippen LogP contribution is 2.32. The maximum atomic E-state index is 13.8. The molecule has 23 heavy (non-hydrogen) atoms. The molecule has 2 nitrogen and oxygen atoms in total. The molecule has 0 unspecified atom stereocenters. The molecule has 4 heteroatoms. The zero-order valence-corrected chi connectivity index (χ0v) is 14.8. The second kappa shape index (κ2) is 7.55. The first-order valence-corrected chi connectivity index (χ1v) is 8.26. The fourth-order valence-corrected chi connectivity index (χ4v) is 2.74. The smallest absolute Gasteiger partial charge is 0.175 e. The quantitative estimate of drug-likeness (QED) is 0.684. The van der Waals surface area contributed by atoms with Crippen LogP contribution in [0.2, 0.25) is 0 Å². The monoisotopic (exact) mass is 330 g/mol. The van der Waals surface area contributed by atoms with Crippen LogP contribution in [-0.2, 0) is 0 Å². The van der Waals surface area contributed by atoms with Gasteiger partial charge in [0.15, 0.2) is 5.11 Å². The van der Waals surface area contributed by atoms with Crippen molar-refractivity contribution in [2.24, 2.45) is 0 Å². The number of para-hydroxylation sites is 2. The minimum absolute atomic E-state index is 0.321. The molecule has 0 amide bonds. The second-order valence-electron chi connectivity index (χ2n) is 6.18. The summed E-state index contributed by atoms with van der Waals surface area (Å²) in [6.45, 7) is 8.60. The Labute approximate surface area is 143 Å². The van der Waals surface area contributed by atoms with E-state index in [9.17, 15) is 4.39 Å². The van der Waals surface area contributed by atoms with Crippen LogP contribution in [0.4, 0.5) is 15.8 Å². The Bertz CT molecular complexity index is 669. The molecule has 0 heterocycles. The minimum atomic E-state index is -0.321. The zero-order valence-electron chi connectivity index (χ0n) is 14.0. The molecule has 0 atom stereocenters. The lowest BCUT2D eigenvalue weighted by molar-refractivity contribution is 0.632. The normalized spacial score (nSPS) is 10.9. The van der Waals surface area contributed by atoms with E-state index in [4.69, 9.17) is 12.2 Å². The highest BCUT2D eigenvalue weighted by molar-refractivity contribution is 7.80. The van der Waals surface area contributed by atoms with E-state index in [0.717, 1.165) is 5.69 Å². The fourth-order valence-electron chi connectivity index (χ4n) is 2.53. The number of nitrogens with one attached hydrogen (secondary N) is 2. The van der Waals surface area contributed by atoms with Gasteiger partial charge in [0.25, 0.3) is 0 Å². The van der Waals surface area contributed by atoms with Gasteiger partial charge in [-0.25, -0.2) is 4.39 Å². The molecule has 0 fully saturated rings. The molecule has 0 radical (unpaired) electrons. The molecule has 0 bridgehead atoms. The van der Waals surface area contributed by atoms with E-state index < -0.39 is 0 Å². The fraction of sp³-hybridized carbons (Fsp3) is 0.316. The second-order valence-corrected chi connectivity index (χ2v) is 6.59. The van der Waals surface area contributed by atoms with E-state index in [1.165, 1.54) is 17.2 Å². The molecule has 0 saturated carbocycles. The van der Waals surface area contributed by atoms with Crippen LogP contribution in [0.25, 0.3) is 0 Å². The maximum Gasteiger partial charge on any atom is 0.175 e. The molecule has 2 rings (SSSR count). The number of hydrogen-bond donors (Lipinski definition) is 2. The predicted molar refractivity (Wildman–Crippen MR) is 101 cm³/mol. The molecule has 0 spiro atoms. The Morgan fingerprint density at radius 2 is 1.43 bits per heavy atom. The molecule has 0 saturated heterocycles. The first-order chi connectivity index (χ1) is 10.9. The van der Waals surface area contributed by atoms with Crippen molar-refractivity contribution in [3.05, 3.63) is 59.4 Å². The Hall–Kier alpha value is -1.94. The molecular weight excluding hydrogens is 307 g/mol. The summed E-state index contributed by atoms with van der Waals surface area (Å²) in [4.78, 5) is 0. The van der Waals surface area contributed by atoms with E-state index >= 15 is 0 Å². The molecule has 122 valence electrons. The Morgan fingerprint density at radius 3 is 1.96 bits per heavy atom. The van der Waals surface area contributed by atoms with Crippen LogP contribution in [0, 0.1) is 5.82 Å². The lowest BCUT2D eigenvalue weighted by Gasteiger charge is -2.21. The van der Waals surface area contributed by atoms with Crippen molar-refractivity contribution in [1.82, 2.24) is 0 Å². The van der Waals surface area contributed by atoms with E-state index in [1.807, 2.05) is 0 Å². The molecule has 0 aromatic heterocycles. The molecule has 0 aliphatic carbocycles. The Kier molecular flexibility index (Phi) is 5.72. The summed E-state index contributed by atoms with van der Waals surface area (Å²) in [6, 6.07) is 12.8. The van der Waals surface area contributed by atoms with Gasteiger partial charge < -0.3 is 10.6 Å². The van der Waals surface area contributed by atoms with Crippen molar-refractivity contribution in [2.75, 3.05) is 10.6 Å². The number of benzene rings is 2. The van der Waals surface area contributed by atoms with Crippen LogP contribution in [0.3, 0.4) is 0 Å². The third kappa shape index (κ3) is 4.29. The topological polar surface area (TPSA) is 24.1 Å². The van der Waals surface area contributed by atoms with Crippen molar-refractivity contribution in [3.63, 3.8) is 0 Å². The van der Waals surface area contributed by atoms with Gasteiger partial charge in [-0.05, 0) is 47.3 Å². The number of anilines is 2. The average molecular weight is 330 g/mol. The van der Waals surface area contributed by atoms with Gasteiger partial charge in [-0.3, -0.25) is 0 Å². The first kappa shape index (κ1) is 17.4. The molecule has 0 aliphatic rings. The summed E-state index contributed by atoms with van der Waals surface area (Å²) in [5.74, 6) is 0.415. The number of hydrogen-bond acceptors (Lipinski definition) is 1. The average Bonchev–Trinajstić information content (AvgIpc) is 2.49. The highest BCUT2D eigenvalue weighted by Gasteiger charge is 2.15. The molecular formula is C19H23FN2S. The van der Waals surface area contributed by atoms with Crippen molar-refractivity contribution >= 4 is 28.7 Å². The predicted octanol–water partition coefficient (Wildman–Crippen LogP) is 5.88. The number of halogens is 1. The standard InChI is InChI=1S/C19H23FN2S/c1-12(2)14-8-7-9-15(13(3)4)18(14)22-19(23)21-17-11-6-5-10-16(17)20/h5-13H,1-4H3,(H2,21,22,23). The summed E-state index contributed by atoms with van der Waals surface area (Å²) in [5, 5.41) is 6.60. The lowest BCUT2D eigenvalue weighted by Crippen LogP contribution is -2.22. The molecule has 2 aromatic carbocycles. The number of thiocarbonyl (C=S) groups is 1. The summed E-state index contributed by atoms with van der Waals surface area (Å²) in [5.41, 5.74) is 3.80. The van der Waals surface area contributed by atoms with E-state index in [2.05, 4.69) is 56.5 Å². The van der Waals surface area contributed by atoms with Crippen LogP contribution in [0.5, 0.6) is 0 Å². The van der Waals surface area contributed by atoms with Crippen molar-refractivity contribution in [1.29, 1.82) is 0 Å². The summed E-state index contributed by atoms with van der Waals surface area (Å²) in [6.07, 6.45) is 0. The highest BCUT2D eigenvalue weighted by atomic mass is 32.1. The first-order valence-electron chi connectivity index (χ1n) is 7.85. The largest absolute Gasteiger partial charge is 0.332 e. The SMILES string of the molecule is CC(C)c1cccc(C(C)C)c1NC(=S)Nc1ccccc1F. The van der Waals surface area contributed by atoms with Crippen molar-refractivity contribution in [3.8, 4) is 0 Å². The van der Waals surface area contributed by atoms with E-state index in [1.54, 1.807) is 18.2 Å². The van der Waals surface area contributed by atoms with Gasteiger partial charge in [-0.1, -0.05) is 58.0 Å². The van der Waals surface area contributed by atoms with Crippen molar-refractivity contribution < 1.29 is 4.39 Å². The van der Waals surface area contributed by atoms with Crippen LogP contribution in [-0.4, -0.2) is 5.11 Å². The lowest BCUT2D eigenvalue weighted by atomic mass is 9.93. The summed E-state index contributed by atoms with van der Waals surface area (Å²) < 4.78 is 13.8. The summed E-state index contributed by atoms with van der Waals surface area (Å²) >= 11 is 5.38. The van der Waals surface area contributed by atoms with E-state index in [-0.39, 0.29) is 5.82 Å². The third-order valence-electron chi connectivity index (χ3n) is 3.73. The van der Waals surface area contributed by atoms with Crippen LogP contribution in [0.1, 0.15) is 50.7 Å². The van der Waals surface area contributed by atoms with Gasteiger partial charge in [-0.15, -0.1) is 0 Å². The van der Waals surface area contributed by atoms with Crippen LogP contribution in [0.15, 0.2) is 42.5 Å². The van der Waals surface area contributed by atoms with E-state index in [0.29, 0.717) is 22.6 Å². The third-order valence-corrected chi connectivity index (χ3v) is 3.94. The van der Waals surface area contributed by atoms with Crippen LogP contribution >= 0.6 is 12.2 Å². The van der Waals surface area contributed by atoms with Crippen LogP contribution < -0.4 is 10.6 Å². The molecule has 2 N–H and O–H groups in total. The zero-order chi connectivity index (χ0) is 17.0. The molecule has 2 aromatic rings. The minimum Gasteiger partial charge on any atom is -0.332 e. The van der Waals surface area contributed by atoms with Gasteiger partial charge >= 0.3 is 0 Å². The Morgan fingerprint density at radius 1 is 0.870 bits per heavy atom. The summed E-state index contributed by atoms with van der Waals surface area (Å²) in [7, 11) is 0. The molecule has 0 aliphatic heterocycles. The van der Waals surface area contributed by atoms with Gasteiger partial charge in [0.05, 0.1) is 5.69 Å². The Balaban J connectivity index is 2.28. The van der Waals surface area contributed by atoms with Gasteiger partial charge in [-0.2, -0.15) is 0 Å². The van der Waals surface area contributed by atoms with Gasteiger partial charge in [0.1, 0.15) is 5.82 Å². The van der Waals surface area contributed by atoms with Gasteiger partial charge in [0.2, 0.25) is 0 Å². The maximum absolute atomic E-state index is 13.8.